The van der Waals surface area contributed by atoms with Gasteiger partial charge in [0, 0.05) is 67.5 Å². The van der Waals surface area contributed by atoms with E-state index in [1.54, 1.807) is 24.5 Å². The molecule has 0 atom stereocenters. The third kappa shape index (κ3) is 3.97. The molecule has 1 amide bonds. The van der Waals surface area contributed by atoms with Crippen molar-refractivity contribution in [1.82, 2.24) is 24.8 Å². The van der Waals surface area contributed by atoms with Gasteiger partial charge < -0.3 is 20.1 Å². The van der Waals surface area contributed by atoms with Crippen molar-refractivity contribution >= 4 is 28.6 Å². The Morgan fingerprint density at radius 3 is 2.65 bits per heavy atom. The van der Waals surface area contributed by atoms with Gasteiger partial charge in [0.05, 0.1) is 0 Å². The predicted octanol–water partition coefficient (Wildman–Crippen LogP) is 3.02. The number of hydrogen-bond acceptors (Lipinski definition) is 6. The summed E-state index contributed by atoms with van der Waals surface area (Å²) in [6.45, 7) is 4.03. The summed E-state index contributed by atoms with van der Waals surface area (Å²) < 4.78 is 0. The van der Waals surface area contributed by atoms with E-state index in [4.69, 9.17) is 0 Å². The van der Waals surface area contributed by atoms with Crippen LogP contribution in [0.25, 0.3) is 22.2 Å². The van der Waals surface area contributed by atoms with Gasteiger partial charge in [0.25, 0.3) is 5.91 Å². The molecule has 1 fully saturated rings. The summed E-state index contributed by atoms with van der Waals surface area (Å²) >= 11 is 0. The maximum atomic E-state index is 12.4. The van der Waals surface area contributed by atoms with E-state index in [2.05, 4.69) is 48.2 Å². The molecule has 1 aliphatic heterocycles. The van der Waals surface area contributed by atoms with E-state index in [0.717, 1.165) is 54.2 Å². The second kappa shape index (κ2) is 8.16. The smallest absolute Gasteiger partial charge is 0.256 e. The normalized spacial score (nSPS) is 14.7. The molecule has 2 N–H and O–H groups in total. The lowest BCUT2D eigenvalue weighted by atomic mass is 10.1. The van der Waals surface area contributed by atoms with Crippen molar-refractivity contribution in [2.75, 3.05) is 43.4 Å². The van der Waals surface area contributed by atoms with E-state index in [1.165, 1.54) is 0 Å². The number of fused-ring (bicyclic) bond motifs is 1. The van der Waals surface area contributed by atoms with Gasteiger partial charge in [-0.05, 0) is 49.0 Å². The van der Waals surface area contributed by atoms with Crippen LogP contribution in [0.5, 0.6) is 0 Å². The molecule has 31 heavy (non-hydrogen) atoms. The molecule has 4 aromatic heterocycles. The number of H-pyrrole nitrogens is 1. The second-order valence-corrected chi connectivity index (χ2v) is 7.68. The van der Waals surface area contributed by atoms with Gasteiger partial charge in [0.15, 0.2) is 0 Å². The SMILES string of the molecule is CN1CCN(c2cc(-c3c[nH]c4nc(NC(=O)c5ccncc5)ccc34)ccn2)CC1. The van der Waals surface area contributed by atoms with Crippen LogP contribution in [0.15, 0.2) is 61.2 Å². The Kier molecular flexibility index (Phi) is 5.05. The van der Waals surface area contributed by atoms with Crippen LogP contribution < -0.4 is 10.2 Å². The lowest BCUT2D eigenvalue weighted by Crippen LogP contribution is -2.44. The fourth-order valence-corrected chi connectivity index (χ4v) is 3.80. The van der Waals surface area contributed by atoms with Crippen LogP contribution in [-0.4, -0.2) is 64.0 Å². The number of likely N-dealkylation sites (N-methyl/N-ethyl adjacent to an activating group) is 1. The molecule has 0 radical (unpaired) electrons. The number of rotatable bonds is 4. The van der Waals surface area contributed by atoms with Crippen LogP contribution in [-0.2, 0) is 0 Å². The summed E-state index contributed by atoms with van der Waals surface area (Å²) in [7, 11) is 2.15. The molecule has 0 unspecified atom stereocenters. The monoisotopic (exact) mass is 413 g/mol. The molecule has 4 aromatic rings. The molecular formula is C23H23N7O. The number of piperazine rings is 1. The maximum absolute atomic E-state index is 12.4. The van der Waals surface area contributed by atoms with E-state index in [1.807, 2.05) is 30.6 Å². The van der Waals surface area contributed by atoms with Crippen molar-refractivity contribution in [3.63, 3.8) is 0 Å². The summed E-state index contributed by atoms with van der Waals surface area (Å²) in [5, 5.41) is 3.83. The van der Waals surface area contributed by atoms with Gasteiger partial charge >= 0.3 is 0 Å². The van der Waals surface area contributed by atoms with Gasteiger partial charge in [-0.3, -0.25) is 9.78 Å². The van der Waals surface area contributed by atoms with Crippen LogP contribution in [0.2, 0.25) is 0 Å². The molecule has 8 heteroatoms. The molecule has 0 spiro atoms. The first-order valence-corrected chi connectivity index (χ1v) is 10.3. The fourth-order valence-electron chi connectivity index (χ4n) is 3.80. The van der Waals surface area contributed by atoms with Crippen molar-refractivity contribution in [3.05, 3.63) is 66.7 Å². The predicted molar refractivity (Wildman–Crippen MR) is 121 cm³/mol. The molecule has 5 rings (SSSR count). The molecule has 0 saturated carbocycles. The Morgan fingerprint density at radius 2 is 1.84 bits per heavy atom. The van der Waals surface area contributed by atoms with Crippen molar-refractivity contribution in [2.24, 2.45) is 0 Å². The number of amides is 1. The summed E-state index contributed by atoms with van der Waals surface area (Å²) in [5.41, 5.74) is 3.41. The first kappa shape index (κ1) is 19.2. The molecular weight excluding hydrogens is 390 g/mol. The first-order valence-electron chi connectivity index (χ1n) is 10.3. The van der Waals surface area contributed by atoms with E-state index in [9.17, 15) is 4.79 Å². The zero-order valence-corrected chi connectivity index (χ0v) is 17.2. The summed E-state index contributed by atoms with van der Waals surface area (Å²) in [5.74, 6) is 1.27. The van der Waals surface area contributed by atoms with Crippen LogP contribution >= 0.6 is 0 Å². The second-order valence-electron chi connectivity index (χ2n) is 7.68. The van der Waals surface area contributed by atoms with E-state index in [-0.39, 0.29) is 5.91 Å². The number of aromatic amines is 1. The molecule has 156 valence electrons. The molecule has 8 nitrogen and oxygen atoms in total. The summed E-state index contributed by atoms with van der Waals surface area (Å²) in [6, 6.07) is 11.3. The standard InChI is InChI=1S/C23H23N7O/c1-29-10-12-30(13-11-29)21-14-17(6-9-25-21)19-15-26-22-18(19)2-3-20(27-22)28-23(31)16-4-7-24-8-5-16/h2-9,14-15H,10-13H2,1H3,(H2,26,27,28,31). The highest BCUT2D eigenvalue weighted by atomic mass is 16.1. The Hall–Kier alpha value is -3.78. The van der Waals surface area contributed by atoms with E-state index in [0.29, 0.717) is 11.4 Å². The minimum atomic E-state index is -0.216. The fraction of sp³-hybridized carbons (Fsp3) is 0.217. The van der Waals surface area contributed by atoms with E-state index >= 15 is 0 Å². The van der Waals surface area contributed by atoms with Crippen molar-refractivity contribution in [1.29, 1.82) is 0 Å². The third-order valence-corrected chi connectivity index (χ3v) is 5.61. The Balaban J connectivity index is 1.39. The number of carbonyl (C=O) groups is 1. The maximum Gasteiger partial charge on any atom is 0.256 e. The van der Waals surface area contributed by atoms with E-state index < -0.39 is 0 Å². The van der Waals surface area contributed by atoms with Gasteiger partial charge in [-0.2, -0.15) is 0 Å². The van der Waals surface area contributed by atoms with Gasteiger partial charge in [-0.15, -0.1) is 0 Å². The number of nitrogens with one attached hydrogen (secondary N) is 2. The topological polar surface area (TPSA) is 90.0 Å². The lowest BCUT2D eigenvalue weighted by molar-refractivity contribution is 0.102. The first-order chi connectivity index (χ1) is 15.2. The van der Waals surface area contributed by atoms with Gasteiger partial charge in [0.2, 0.25) is 0 Å². The highest BCUT2D eigenvalue weighted by molar-refractivity contribution is 6.04. The Labute approximate surface area is 180 Å². The Bertz CT molecular complexity index is 1210. The summed E-state index contributed by atoms with van der Waals surface area (Å²) in [4.78, 5) is 33.4. The van der Waals surface area contributed by atoms with Crippen molar-refractivity contribution < 1.29 is 4.79 Å². The number of nitrogens with zero attached hydrogens (tertiary/aromatic N) is 5. The zero-order valence-electron chi connectivity index (χ0n) is 17.2. The zero-order chi connectivity index (χ0) is 21.2. The van der Waals surface area contributed by atoms with Crippen LogP contribution in [0.1, 0.15) is 10.4 Å². The quantitative estimate of drug-likeness (QED) is 0.535. The van der Waals surface area contributed by atoms with Gasteiger partial charge in [-0.1, -0.05) is 0 Å². The number of aromatic nitrogens is 4. The number of hydrogen-bond donors (Lipinski definition) is 2. The van der Waals surface area contributed by atoms with Crippen LogP contribution in [0.4, 0.5) is 11.6 Å². The van der Waals surface area contributed by atoms with Crippen LogP contribution in [0, 0.1) is 0 Å². The van der Waals surface area contributed by atoms with Crippen molar-refractivity contribution in [2.45, 2.75) is 0 Å². The van der Waals surface area contributed by atoms with Crippen molar-refractivity contribution in [3.8, 4) is 11.1 Å². The number of carbonyl (C=O) groups excluding carboxylic acids is 1. The third-order valence-electron chi connectivity index (χ3n) is 5.61. The Morgan fingerprint density at radius 1 is 1.03 bits per heavy atom. The minimum Gasteiger partial charge on any atom is -0.354 e. The molecule has 0 aliphatic carbocycles. The van der Waals surface area contributed by atoms with Gasteiger partial charge in [0.1, 0.15) is 17.3 Å². The van der Waals surface area contributed by atoms with Crippen LogP contribution in [0.3, 0.4) is 0 Å². The molecule has 1 aliphatic rings. The summed E-state index contributed by atoms with van der Waals surface area (Å²) in [6.07, 6.45) is 7.00. The largest absolute Gasteiger partial charge is 0.354 e. The molecule has 0 bridgehead atoms. The minimum absolute atomic E-state index is 0.216. The molecule has 0 aromatic carbocycles. The lowest BCUT2D eigenvalue weighted by Gasteiger charge is -2.33. The highest BCUT2D eigenvalue weighted by Gasteiger charge is 2.17. The average molecular weight is 413 g/mol. The van der Waals surface area contributed by atoms with Gasteiger partial charge in [-0.25, -0.2) is 9.97 Å². The number of anilines is 2. The molecule has 5 heterocycles. The average Bonchev–Trinajstić information content (AvgIpc) is 3.23. The molecule has 1 saturated heterocycles. The number of pyridine rings is 3. The highest BCUT2D eigenvalue weighted by Crippen LogP contribution is 2.30.